The summed E-state index contributed by atoms with van der Waals surface area (Å²) in [5.41, 5.74) is 2.40. The van der Waals surface area contributed by atoms with Crippen LogP contribution in [0.25, 0.3) is 0 Å². The van der Waals surface area contributed by atoms with Crippen molar-refractivity contribution >= 4 is 27.5 Å². The van der Waals surface area contributed by atoms with Crippen molar-refractivity contribution in [2.75, 3.05) is 11.9 Å². The first-order valence-corrected chi connectivity index (χ1v) is 8.05. The minimum absolute atomic E-state index is 0.139. The third-order valence-corrected chi connectivity index (χ3v) is 3.61. The molecule has 22 heavy (non-hydrogen) atoms. The molecule has 2 aromatic rings. The molecule has 0 radical (unpaired) electrons. The summed E-state index contributed by atoms with van der Waals surface area (Å²) in [5.74, 6) is 1.03. The zero-order valence-corrected chi connectivity index (χ0v) is 14.6. The molecule has 1 amide bonds. The Balaban J connectivity index is 2.10. The van der Waals surface area contributed by atoms with Gasteiger partial charge in [0.2, 0.25) is 0 Å². The van der Waals surface area contributed by atoms with E-state index in [4.69, 9.17) is 4.74 Å². The molecule has 4 heteroatoms. The molecule has 0 spiro atoms. The van der Waals surface area contributed by atoms with E-state index in [2.05, 4.69) is 35.1 Å². The lowest BCUT2D eigenvalue weighted by Gasteiger charge is -2.11. The van der Waals surface area contributed by atoms with Crippen LogP contribution < -0.4 is 10.1 Å². The number of hydrogen-bond donors (Lipinski definition) is 1. The molecule has 0 fully saturated rings. The molecule has 0 saturated heterocycles. The molecule has 2 aromatic carbocycles. The minimum atomic E-state index is -0.139. The Labute approximate surface area is 139 Å². The molecular weight excluding hydrogens is 342 g/mol. The van der Waals surface area contributed by atoms with Crippen molar-refractivity contribution in [2.24, 2.45) is 5.92 Å². The molecule has 0 bridgehead atoms. The lowest BCUT2D eigenvalue weighted by molar-refractivity contribution is 0.102. The van der Waals surface area contributed by atoms with Gasteiger partial charge in [-0.3, -0.25) is 4.79 Å². The van der Waals surface area contributed by atoms with Gasteiger partial charge in [-0.2, -0.15) is 0 Å². The number of nitrogens with one attached hydrogen (secondary N) is 1. The van der Waals surface area contributed by atoms with E-state index in [1.54, 1.807) is 12.1 Å². The third-order valence-electron chi connectivity index (χ3n) is 3.12. The normalized spacial score (nSPS) is 10.6. The van der Waals surface area contributed by atoms with Crippen LogP contribution in [0.1, 0.15) is 29.8 Å². The quantitative estimate of drug-likeness (QED) is 0.809. The van der Waals surface area contributed by atoms with Gasteiger partial charge >= 0.3 is 0 Å². The molecule has 3 nitrogen and oxygen atoms in total. The Hall–Kier alpha value is -1.81. The number of carbonyl (C=O) groups excluding carboxylic acids is 1. The molecule has 0 unspecified atom stereocenters. The highest BCUT2D eigenvalue weighted by molar-refractivity contribution is 9.10. The van der Waals surface area contributed by atoms with Crippen molar-refractivity contribution in [1.29, 1.82) is 0 Å². The molecule has 0 atom stereocenters. The molecule has 0 heterocycles. The van der Waals surface area contributed by atoms with Crippen LogP contribution in [-0.2, 0) is 0 Å². The van der Waals surface area contributed by atoms with Crippen molar-refractivity contribution in [3.05, 3.63) is 58.1 Å². The van der Waals surface area contributed by atoms with Crippen LogP contribution >= 0.6 is 15.9 Å². The van der Waals surface area contributed by atoms with E-state index in [0.717, 1.165) is 15.7 Å². The zero-order chi connectivity index (χ0) is 16.1. The number of aryl methyl sites for hydroxylation is 1. The molecule has 0 aliphatic heterocycles. The summed E-state index contributed by atoms with van der Waals surface area (Å²) in [6, 6.07) is 13.0. The average molecular weight is 362 g/mol. The van der Waals surface area contributed by atoms with Crippen LogP contribution in [0.2, 0.25) is 0 Å². The van der Waals surface area contributed by atoms with Gasteiger partial charge in [-0.25, -0.2) is 0 Å². The van der Waals surface area contributed by atoms with Crippen molar-refractivity contribution < 1.29 is 9.53 Å². The van der Waals surface area contributed by atoms with E-state index in [0.29, 0.717) is 23.8 Å². The lowest BCUT2D eigenvalue weighted by Crippen LogP contribution is -2.13. The SMILES string of the molecule is Cc1cc(Br)ccc1NC(=O)c1cccc(OCC(C)C)c1. The van der Waals surface area contributed by atoms with Gasteiger partial charge in [0.05, 0.1) is 6.61 Å². The fourth-order valence-corrected chi connectivity index (χ4v) is 2.43. The average Bonchev–Trinajstić information content (AvgIpc) is 2.48. The molecule has 2 rings (SSSR count). The molecule has 0 aromatic heterocycles. The van der Waals surface area contributed by atoms with Crippen LogP contribution in [0.15, 0.2) is 46.9 Å². The minimum Gasteiger partial charge on any atom is -0.493 e. The highest BCUT2D eigenvalue weighted by Crippen LogP contribution is 2.21. The highest BCUT2D eigenvalue weighted by Gasteiger charge is 2.09. The number of rotatable bonds is 5. The Morgan fingerprint density at radius 1 is 1.23 bits per heavy atom. The van der Waals surface area contributed by atoms with Gasteiger partial charge in [-0.05, 0) is 54.8 Å². The van der Waals surface area contributed by atoms with Gasteiger partial charge in [-0.1, -0.05) is 35.8 Å². The predicted octanol–water partition coefficient (Wildman–Crippen LogP) is 5.04. The smallest absolute Gasteiger partial charge is 0.255 e. The number of halogens is 1. The maximum Gasteiger partial charge on any atom is 0.255 e. The van der Waals surface area contributed by atoms with Gasteiger partial charge in [0.25, 0.3) is 5.91 Å². The topological polar surface area (TPSA) is 38.3 Å². The highest BCUT2D eigenvalue weighted by atomic mass is 79.9. The first-order chi connectivity index (χ1) is 10.5. The second-order valence-electron chi connectivity index (χ2n) is 5.65. The summed E-state index contributed by atoms with van der Waals surface area (Å²) in [5, 5.41) is 2.93. The molecule has 116 valence electrons. The molecule has 0 aliphatic carbocycles. The number of anilines is 1. The summed E-state index contributed by atoms with van der Waals surface area (Å²) in [4.78, 5) is 12.4. The standard InChI is InChI=1S/C18H20BrNO2/c1-12(2)11-22-16-6-4-5-14(10-16)18(21)20-17-8-7-15(19)9-13(17)3/h4-10,12H,11H2,1-3H3,(H,20,21). The van der Waals surface area contributed by atoms with Crippen LogP contribution in [0.3, 0.4) is 0 Å². The molecule has 0 saturated carbocycles. The number of ether oxygens (including phenoxy) is 1. The summed E-state index contributed by atoms with van der Waals surface area (Å²) in [6.07, 6.45) is 0. The lowest BCUT2D eigenvalue weighted by atomic mass is 10.1. The summed E-state index contributed by atoms with van der Waals surface area (Å²) in [6.45, 7) is 6.78. The van der Waals surface area contributed by atoms with Crippen LogP contribution in [-0.4, -0.2) is 12.5 Å². The second kappa shape index (κ2) is 7.45. The van der Waals surface area contributed by atoms with Crippen molar-refractivity contribution in [1.82, 2.24) is 0 Å². The van der Waals surface area contributed by atoms with E-state index < -0.39 is 0 Å². The Morgan fingerprint density at radius 3 is 2.68 bits per heavy atom. The van der Waals surface area contributed by atoms with Crippen molar-refractivity contribution in [3.8, 4) is 5.75 Å². The van der Waals surface area contributed by atoms with E-state index in [-0.39, 0.29) is 5.91 Å². The zero-order valence-electron chi connectivity index (χ0n) is 13.0. The Bertz CT molecular complexity index is 668. The summed E-state index contributed by atoms with van der Waals surface area (Å²) < 4.78 is 6.65. The maximum atomic E-state index is 12.4. The number of amides is 1. The Morgan fingerprint density at radius 2 is 2.00 bits per heavy atom. The second-order valence-corrected chi connectivity index (χ2v) is 6.56. The number of carbonyl (C=O) groups is 1. The fourth-order valence-electron chi connectivity index (χ4n) is 1.95. The molecular formula is C18H20BrNO2. The van der Waals surface area contributed by atoms with E-state index in [1.165, 1.54) is 0 Å². The number of hydrogen-bond acceptors (Lipinski definition) is 2. The monoisotopic (exact) mass is 361 g/mol. The van der Waals surface area contributed by atoms with Gasteiger partial charge < -0.3 is 10.1 Å². The van der Waals surface area contributed by atoms with E-state index >= 15 is 0 Å². The molecule has 0 aliphatic rings. The molecule has 1 N–H and O–H groups in total. The number of benzene rings is 2. The van der Waals surface area contributed by atoms with Crippen molar-refractivity contribution in [2.45, 2.75) is 20.8 Å². The largest absolute Gasteiger partial charge is 0.493 e. The third kappa shape index (κ3) is 4.60. The van der Waals surface area contributed by atoms with E-state index in [1.807, 2.05) is 37.3 Å². The van der Waals surface area contributed by atoms with Crippen LogP contribution in [0.5, 0.6) is 5.75 Å². The van der Waals surface area contributed by atoms with Gasteiger partial charge in [0.15, 0.2) is 0 Å². The first kappa shape index (κ1) is 16.6. The predicted molar refractivity (Wildman–Crippen MR) is 93.6 cm³/mol. The van der Waals surface area contributed by atoms with Gasteiger partial charge in [0, 0.05) is 15.7 Å². The first-order valence-electron chi connectivity index (χ1n) is 7.26. The van der Waals surface area contributed by atoms with Gasteiger partial charge in [-0.15, -0.1) is 0 Å². The van der Waals surface area contributed by atoms with Crippen LogP contribution in [0.4, 0.5) is 5.69 Å². The fraction of sp³-hybridized carbons (Fsp3) is 0.278. The Kier molecular flexibility index (Phi) is 5.61. The maximum absolute atomic E-state index is 12.4. The van der Waals surface area contributed by atoms with Crippen molar-refractivity contribution in [3.63, 3.8) is 0 Å². The van der Waals surface area contributed by atoms with Crippen LogP contribution in [0, 0.1) is 12.8 Å². The summed E-state index contributed by atoms with van der Waals surface area (Å²) in [7, 11) is 0. The van der Waals surface area contributed by atoms with Gasteiger partial charge in [0.1, 0.15) is 5.75 Å². The summed E-state index contributed by atoms with van der Waals surface area (Å²) >= 11 is 3.42. The van der Waals surface area contributed by atoms with E-state index in [9.17, 15) is 4.79 Å².